The fourth-order valence-corrected chi connectivity index (χ4v) is 4.40. The molecule has 0 radical (unpaired) electrons. The van der Waals surface area contributed by atoms with Gasteiger partial charge in [0, 0.05) is 11.6 Å². The van der Waals surface area contributed by atoms with Crippen LogP contribution in [-0.2, 0) is 4.79 Å². The summed E-state index contributed by atoms with van der Waals surface area (Å²) >= 11 is 0. The number of amides is 1. The maximum Gasteiger partial charge on any atom is 0.229 e. The summed E-state index contributed by atoms with van der Waals surface area (Å²) in [4.78, 5) is 20.3. The van der Waals surface area contributed by atoms with Crippen molar-refractivity contribution in [3.05, 3.63) is 95.8 Å². The van der Waals surface area contributed by atoms with Crippen molar-refractivity contribution in [2.24, 2.45) is 5.41 Å². The van der Waals surface area contributed by atoms with Gasteiger partial charge in [-0.25, -0.2) is 8.78 Å². The van der Waals surface area contributed by atoms with Gasteiger partial charge in [-0.2, -0.15) is 0 Å². The van der Waals surface area contributed by atoms with Crippen molar-refractivity contribution in [2.45, 2.75) is 25.8 Å². The number of rotatable bonds is 8. The van der Waals surface area contributed by atoms with Crippen LogP contribution in [-0.4, -0.2) is 42.0 Å². The monoisotopic (exact) mass is 465 g/mol. The fourth-order valence-electron chi connectivity index (χ4n) is 4.40. The molecule has 4 rings (SSSR count). The van der Waals surface area contributed by atoms with Gasteiger partial charge in [0.25, 0.3) is 0 Å². The number of carbonyl (C=O) groups is 1. The standard InChI is InChI=1S/C27H29F2N3O2/c1-27(13-16-30-17-14-27)26(33)32(18-19-34-24-8-3-2-6-22(24)29)25(23-7-4-5-15-31-23)20-9-11-21(28)12-10-20/h2-12,15,25,30H,13-14,16-19H2,1H3. The smallest absolute Gasteiger partial charge is 0.229 e. The van der Waals surface area contributed by atoms with Gasteiger partial charge in [0.15, 0.2) is 11.6 Å². The molecule has 34 heavy (non-hydrogen) atoms. The van der Waals surface area contributed by atoms with Crippen molar-refractivity contribution in [2.75, 3.05) is 26.2 Å². The predicted molar refractivity (Wildman–Crippen MR) is 126 cm³/mol. The normalized spacial score (nSPS) is 16.0. The first-order chi connectivity index (χ1) is 16.5. The number of hydrogen-bond acceptors (Lipinski definition) is 4. The summed E-state index contributed by atoms with van der Waals surface area (Å²) in [5.74, 6) is -0.689. The molecule has 7 heteroatoms. The zero-order valence-corrected chi connectivity index (χ0v) is 19.2. The summed E-state index contributed by atoms with van der Waals surface area (Å²) in [5.41, 5.74) is 0.860. The Kier molecular flexibility index (Phi) is 7.53. The van der Waals surface area contributed by atoms with Crippen LogP contribution in [0.2, 0.25) is 0 Å². The van der Waals surface area contributed by atoms with Crippen LogP contribution in [0.4, 0.5) is 8.78 Å². The van der Waals surface area contributed by atoms with E-state index in [1.54, 1.807) is 41.4 Å². The zero-order chi connectivity index (χ0) is 24.0. The molecule has 1 aliphatic heterocycles. The van der Waals surface area contributed by atoms with Crippen LogP contribution in [0.1, 0.15) is 37.1 Å². The van der Waals surface area contributed by atoms with E-state index >= 15 is 0 Å². The molecule has 1 N–H and O–H groups in total. The Labute approximate surface area is 198 Å². The number of pyridine rings is 1. The number of carbonyl (C=O) groups excluding carboxylic acids is 1. The van der Waals surface area contributed by atoms with E-state index in [1.807, 2.05) is 25.1 Å². The molecule has 3 aromatic rings. The van der Waals surface area contributed by atoms with Crippen molar-refractivity contribution >= 4 is 5.91 Å². The lowest BCUT2D eigenvalue weighted by molar-refractivity contribution is -0.145. The Bertz CT molecular complexity index is 1090. The summed E-state index contributed by atoms with van der Waals surface area (Å²) in [6, 6.07) is 17.3. The molecule has 1 atom stereocenters. The van der Waals surface area contributed by atoms with Gasteiger partial charge in [-0.3, -0.25) is 9.78 Å². The van der Waals surface area contributed by atoms with Crippen LogP contribution in [0.15, 0.2) is 72.9 Å². The zero-order valence-electron chi connectivity index (χ0n) is 19.2. The van der Waals surface area contributed by atoms with E-state index in [4.69, 9.17) is 4.74 Å². The second-order valence-electron chi connectivity index (χ2n) is 8.80. The third-order valence-corrected chi connectivity index (χ3v) is 6.38. The quantitative estimate of drug-likeness (QED) is 0.522. The predicted octanol–water partition coefficient (Wildman–Crippen LogP) is 4.75. The van der Waals surface area contributed by atoms with Crippen LogP contribution in [0, 0.1) is 17.0 Å². The fraction of sp³-hybridized carbons (Fsp3) is 0.333. The molecular formula is C27H29F2N3O2. The first kappa shape index (κ1) is 23.8. The van der Waals surface area contributed by atoms with Gasteiger partial charge in [0.2, 0.25) is 5.91 Å². The van der Waals surface area contributed by atoms with E-state index in [-0.39, 0.29) is 30.6 Å². The molecule has 178 valence electrons. The summed E-state index contributed by atoms with van der Waals surface area (Å²) in [5, 5.41) is 3.31. The molecule has 0 spiro atoms. The van der Waals surface area contributed by atoms with Gasteiger partial charge in [0.1, 0.15) is 12.4 Å². The van der Waals surface area contributed by atoms with Gasteiger partial charge in [-0.15, -0.1) is 0 Å². The summed E-state index contributed by atoms with van der Waals surface area (Å²) < 4.78 is 33.5. The second-order valence-corrected chi connectivity index (χ2v) is 8.80. The largest absolute Gasteiger partial charge is 0.489 e. The summed E-state index contributed by atoms with van der Waals surface area (Å²) in [6.07, 6.45) is 3.08. The van der Waals surface area contributed by atoms with Crippen LogP contribution < -0.4 is 10.1 Å². The number of aromatic nitrogens is 1. The van der Waals surface area contributed by atoms with Crippen molar-refractivity contribution in [1.82, 2.24) is 15.2 Å². The maximum atomic E-state index is 14.1. The van der Waals surface area contributed by atoms with Gasteiger partial charge >= 0.3 is 0 Å². The molecule has 1 fully saturated rings. The lowest BCUT2D eigenvalue weighted by atomic mass is 9.79. The lowest BCUT2D eigenvalue weighted by Crippen LogP contribution is -2.50. The molecule has 1 aliphatic rings. The molecular weight excluding hydrogens is 436 g/mol. The number of hydrogen-bond donors (Lipinski definition) is 1. The minimum atomic E-state index is -0.559. The number of nitrogens with zero attached hydrogens (tertiary/aromatic N) is 2. The Morgan fingerprint density at radius 3 is 2.44 bits per heavy atom. The first-order valence-corrected chi connectivity index (χ1v) is 11.5. The van der Waals surface area contributed by atoms with Crippen LogP contribution in [0.25, 0.3) is 0 Å². The molecule has 2 heterocycles. The highest BCUT2D eigenvalue weighted by atomic mass is 19.1. The van der Waals surface area contributed by atoms with E-state index < -0.39 is 17.3 Å². The Morgan fingerprint density at radius 2 is 1.76 bits per heavy atom. The number of para-hydroxylation sites is 1. The van der Waals surface area contributed by atoms with Crippen LogP contribution in [0.5, 0.6) is 5.75 Å². The van der Waals surface area contributed by atoms with Crippen LogP contribution >= 0.6 is 0 Å². The highest BCUT2D eigenvalue weighted by molar-refractivity contribution is 5.83. The molecule has 2 aromatic carbocycles. The van der Waals surface area contributed by atoms with Crippen molar-refractivity contribution in [3.63, 3.8) is 0 Å². The SMILES string of the molecule is CC1(C(=O)N(CCOc2ccccc2F)C(c2ccc(F)cc2)c2ccccn2)CCNCC1. The number of benzene rings is 2. The molecule has 1 unspecified atom stereocenters. The highest BCUT2D eigenvalue weighted by Gasteiger charge is 2.41. The summed E-state index contributed by atoms with van der Waals surface area (Å²) in [6.45, 7) is 3.82. The van der Waals surface area contributed by atoms with Gasteiger partial charge in [-0.1, -0.05) is 37.3 Å². The van der Waals surface area contributed by atoms with Gasteiger partial charge < -0.3 is 15.0 Å². The van der Waals surface area contributed by atoms with Crippen LogP contribution in [0.3, 0.4) is 0 Å². The van der Waals surface area contributed by atoms with Gasteiger partial charge in [0.05, 0.1) is 18.3 Å². The van der Waals surface area contributed by atoms with E-state index in [9.17, 15) is 13.6 Å². The molecule has 1 amide bonds. The van der Waals surface area contributed by atoms with Crippen molar-refractivity contribution < 1.29 is 18.3 Å². The van der Waals surface area contributed by atoms with E-state index in [0.717, 1.165) is 18.7 Å². The third-order valence-electron chi connectivity index (χ3n) is 6.38. The Morgan fingerprint density at radius 1 is 1.06 bits per heavy atom. The number of nitrogens with one attached hydrogen (secondary N) is 1. The Hall–Kier alpha value is -3.32. The van der Waals surface area contributed by atoms with E-state index in [1.165, 1.54) is 18.2 Å². The Balaban J connectivity index is 1.69. The third kappa shape index (κ3) is 5.42. The van der Waals surface area contributed by atoms with Crippen molar-refractivity contribution in [3.8, 4) is 5.75 Å². The van der Waals surface area contributed by atoms with E-state index in [0.29, 0.717) is 18.5 Å². The molecule has 0 bridgehead atoms. The molecule has 1 aromatic heterocycles. The minimum Gasteiger partial charge on any atom is -0.489 e. The average Bonchev–Trinajstić information content (AvgIpc) is 2.86. The topological polar surface area (TPSA) is 54.5 Å². The first-order valence-electron chi connectivity index (χ1n) is 11.5. The molecule has 1 saturated heterocycles. The molecule has 0 aliphatic carbocycles. The molecule has 0 saturated carbocycles. The lowest BCUT2D eigenvalue weighted by Gasteiger charge is -2.41. The number of piperidine rings is 1. The van der Waals surface area contributed by atoms with E-state index in [2.05, 4.69) is 10.3 Å². The van der Waals surface area contributed by atoms with Gasteiger partial charge in [-0.05, 0) is 67.9 Å². The number of halogens is 2. The highest BCUT2D eigenvalue weighted by Crippen LogP contribution is 2.36. The summed E-state index contributed by atoms with van der Waals surface area (Å²) in [7, 11) is 0. The maximum absolute atomic E-state index is 14.1. The second kappa shape index (κ2) is 10.7. The molecule has 5 nitrogen and oxygen atoms in total. The van der Waals surface area contributed by atoms with Crippen molar-refractivity contribution in [1.29, 1.82) is 0 Å². The minimum absolute atomic E-state index is 0.0221. The number of ether oxygens (including phenoxy) is 1. The average molecular weight is 466 g/mol.